The van der Waals surface area contributed by atoms with Crippen LogP contribution in [0.2, 0.25) is 0 Å². The summed E-state index contributed by atoms with van der Waals surface area (Å²) in [6, 6.07) is 49.0. The molecule has 0 N–H and O–H groups in total. The number of para-hydroxylation sites is 1. The largest absolute Gasteiger partial charge is 0.309 e. The van der Waals surface area contributed by atoms with Gasteiger partial charge >= 0.3 is 0 Å². The Morgan fingerprint density at radius 2 is 1.15 bits per heavy atom. The average Bonchev–Trinajstić information content (AvgIpc) is 3.89. The normalized spacial score (nSPS) is 13.4. The van der Waals surface area contributed by atoms with Gasteiger partial charge in [-0.2, -0.15) is 0 Å². The lowest BCUT2D eigenvalue weighted by Gasteiger charge is -2.21. The van der Waals surface area contributed by atoms with E-state index in [0.717, 1.165) is 55.3 Å². The number of rotatable bonds is 6. The molecule has 0 amide bonds. The van der Waals surface area contributed by atoms with Crippen LogP contribution in [0.1, 0.15) is 54.3 Å². The van der Waals surface area contributed by atoms with Gasteiger partial charge in [0.15, 0.2) is 0 Å². The van der Waals surface area contributed by atoms with Gasteiger partial charge in [0, 0.05) is 43.8 Å². The molecule has 1 aliphatic carbocycles. The number of aromatic nitrogens is 2. The van der Waals surface area contributed by atoms with Crippen LogP contribution in [-0.2, 0) is 5.41 Å². The molecule has 0 spiro atoms. The van der Waals surface area contributed by atoms with Crippen molar-refractivity contribution in [2.75, 3.05) is 0 Å². The molecular weight excluding hydrogens is 753 g/mol. The van der Waals surface area contributed by atoms with Gasteiger partial charge in [-0.1, -0.05) is 149 Å². The molecule has 0 atom stereocenters. The monoisotopic (exact) mass is 794 g/mol. The fourth-order valence-electron chi connectivity index (χ4n) is 11.1. The zero-order chi connectivity index (χ0) is 42.2. The summed E-state index contributed by atoms with van der Waals surface area (Å²) in [5.74, 6) is 0. The van der Waals surface area contributed by atoms with Crippen LogP contribution in [0.4, 0.5) is 0 Å². The summed E-state index contributed by atoms with van der Waals surface area (Å²) in [5, 5.41) is 11.6. The van der Waals surface area contributed by atoms with Gasteiger partial charge in [-0.25, -0.2) is 0 Å². The van der Waals surface area contributed by atoms with E-state index < -0.39 is 0 Å². The first-order valence-corrected chi connectivity index (χ1v) is 21.4. The zero-order valence-electron chi connectivity index (χ0n) is 35.0. The predicted molar refractivity (Wildman–Crippen MR) is 267 cm³/mol. The Labute approximate surface area is 359 Å². The van der Waals surface area contributed by atoms with Crippen LogP contribution in [0.25, 0.3) is 123 Å². The molecule has 0 unspecified atom stereocenters. The van der Waals surface area contributed by atoms with E-state index in [0.29, 0.717) is 5.56 Å². The van der Waals surface area contributed by atoms with Gasteiger partial charge in [-0.3, -0.25) is 9.20 Å². The fourth-order valence-corrected chi connectivity index (χ4v) is 11.1. The third-order valence-corrected chi connectivity index (χ3v) is 13.9. The number of pyridine rings is 1. The van der Waals surface area contributed by atoms with E-state index in [9.17, 15) is 4.79 Å². The molecular formula is C59H42N2O. The molecule has 0 saturated heterocycles. The van der Waals surface area contributed by atoms with Crippen LogP contribution in [0.5, 0.6) is 0 Å². The summed E-state index contributed by atoms with van der Waals surface area (Å²) in [7, 11) is 0. The van der Waals surface area contributed by atoms with Gasteiger partial charge < -0.3 is 4.57 Å². The SMILES string of the molecule is C=Cc1c(C=C)c2cccc3c4cc(-c5ccc6c7ccc(-n8c(C=C)c(/C=C\C)c9cc%10c(cc98)-c8ccccc8C%10(C)C)cc7c7ccccc7c6c5)ccc4n(c1=O)c23. The molecule has 3 aromatic heterocycles. The molecule has 0 radical (unpaired) electrons. The van der Waals surface area contributed by atoms with E-state index in [1.165, 1.54) is 71.0 Å². The highest BCUT2D eigenvalue weighted by Crippen LogP contribution is 2.51. The van der Waals surface area contributed by atoms with Gasteiger partial charge in [0.05, 0.1) is 22.2 Å². The minimum atomic E-state index is -0.0972. The highest BCUT2D eigenvalue weighted by molar-refractivity contribution is 6.26. The molecule has 11 aromatic rings. The molecule has 0 fully saturated rings. The van der Waals surface area contributed by atoms with E-state index >= 15 is 0 Å². The molecule has 8 aromatic carbocycles. The fraction of sp³-hybridized carbons (Fsp3) is 0.0678. The Balaban J connectivity index is 1.06. The number of allylic oxidation sites excluding steroid dienone is 1. The lowest BCUT2D eigenvalue weighted by Crippen LogP contribution is -2.17. The third-order valence-electron chi connectivity index (χ3n) is 13.9. The smallest absolute Gasteiger partial charge is 0.263 e. The van der Waals surface area contributed by atoms with Crippen LogP contribution >= 0.6 is 0 Å². The minimum absolute atomic E-state index is 0.0733. The van der Waals surface area contributed by atoms with E-state index in [1.54, 1.807) is 12.2 Å². The third kappa shape index (κ3) is 4.63. The predicted octanol–water partition coefficient (Wildman–Crippen LogP) is 15.4. The van der Waals surface area contributed by atoms with Crippen molar-refractivity contribution in [3.8, 4) is 27.9 Å². The standard InChI is InChI=1S/C59H42N2O/c1-7-16-44-51-32-53-49(43-19-13-14-22-52(43)59(53,5)6)33-56(51)60(54(44)10-4)36-25-27-42-41-26-23-34(29-47(41)39-17-11-12-18-40(39)48(42)31-36)35-24-28-55-50(30-35)46-21-15-20-45-37(8-2)38(9-3)58(62)61(55)57(45)46/h7-33H,2-4H2,1,5-6H3/b16-7-. The summed E-state index contributed by atoms with van der Waals surface area (Å²) in [4.78, 5) is 13.9. The van der Waals surface area contributed by atoms with Crippen molar-refractivity contribution < 1.29 is 0 Å². The Bertz CT molecular complexity index is 3900. The maximum atomic E-state index is 13.9. The first kappa shape index (κ1) is 36.1. The first-order chi connectivity index (χ1) is 30.3. The summed E-state index contributed by atoms with van der Waals surface area (Å²) >= 11 is 0. The van der Waals surface area contributed by atoms with Crippen LogP contribution in [-0.4, -0.2) is 8.97 Å². The molecule has 0 saturated carbocycles. The molecule has 12 rings (SSSR count). The lowest BCUT2D eigenvalue weighted by atomic mass is 9.82. The van der Waals surface area contributed by atoms with Gasteiger partial charge in [0.2, 0.25) is 0 Å². The topological polar surface area (TPSA) is 26.4 Å². The van der Waals surface area contributed by atoms with E-state index in [4.69, 9.17) is 0 Å². The van der Waals surface area contributed by atoms with Gasteiger partial charge in [-0.05, 0) is 127 Å². The molecule has 0 bridgehead atoms. The Hall–Kier alpha value is -7.75. The van der Waals surface area contributed by atoms with Gasteiger partial charge in [-0.15, -0.1) is 0 Å². The Morgan fingerprint density at radius 1 is 0.500 bits per heavy atom. The molecule has 1 aliphatic rings. The number of hydrogen-bond donors (Lipinski definition) is 0. The summed E-state index contributed by atoms with van der Waals surface area (Å²) in [6.07, 6.45) is 9.80. The van der Waals surface area contributed by atoms with E-state index in [-0.39, 0.29) is 11.0 Å². The molecule has 294 valence electrons. The molecule has 3 nitrogen and oxygen atoms in total. The van der Waals surface area contributed by atoms with Crippen molar-refractivity contribution in [2.24, 2.45) is 0 Å². The molecule has 3 heterocycles. The second-order valence-corrected chi connectivity index (χ2v) is 17.3. The zero-order valence-corrected chi connectivity index (χ0v) is 35.0. The van der Waals surface area contributed by atoms with Crippen LogP contribution in [0.15, 0.2) is 164 Å². The van der Waals surface area contributed by atoms with Gasteiger partial charge in [0.25, 0.3) is 5.56 Å². The average molecular weight is 795 g/mol. The number of nitrogens with zero attached hydrogens (tertiary/aromatic N) is 2. The van der Waals surface area contributed by atoms with Crippen LogP contribution in [0.3, 0.4) is 0 Å². The van der Waals surface area contributed by atoms with Gasteiger partial charge in [0.1, 0.15) is 0 Å². The highest BCUT2D eigenvalue weighted by atomic mass is 16.1. The van der Waals surface area contributed by atoms with Crippen molar-refractivity contribution >= 4 is 94.7 Å². The minimum Gasteiger partial charge on any atom is -0.309 e. The van der Waals surface area contributed by atoms with Crippen molar-refractivity contribution in [2.45, 2.75) is 26.2 Å². The number of fused-ring (bicyclic) bond motifs is 13. The maximum absolute atomic E-state index is 13.9. The van der Waals surface area contributed by atoms with Crippen molar-refractivity contribution in [3.05, 3.63) is 203 Å². The van der Waals surface area contributed by atoms with Crippen molar-refractivity contribution in [1.29, 1.82) is 0 Å². The van der Waals surface area contributed by atoms with Crippen LogP contribution in [0, 0.1) is 0 Å². The highest BCUT2D eigenvalue weighted by Gasteiger charge is 2.36. The summed E-state index contributed by atoms with van der Waals surface area (Å²) in [6.45, 7) is 19.2. The second-order valence-electron chi connectivity index (χ2n) is 17.3. The molecule has 0 aliphatic heterocycles. The summed E-state index contributed by atoms with van der Waals surface area (Å²) < 4.78 is 4.26. The van der Waals surface area contributed by atoms with Crippen molar-refractivity contribution in [1.82, 2.24) is 8.97 Å². The molecule has 3 heteroatoms. The maximum Gasteiger partial charge on any atom is 0.263 e. The first-order valence-electron chi connectivity index (χ1n) is 21.4. The lowest BCUT2D eigenvalue weighted by molar-refractivity contribution is 0.661. The van der Waals surface area contributed by atoms with E-state index in [2.05, 4.69) is 191 Å². The number of hydrogen-bond acceptors (Lipinski definition) is 1. The van der Waals surface area contributed by atoms with Crippen LogP contribution < -0.4 is 5.56 Å². The molecule has 62 heavy (non-hydrogen) atoms. The summed E-state index contributed by atoms with van der Waals surface area (Å²) in [5.41, 5.74) is 15.2. The second kappa shape index (κ2) is 12.9. The van der Waals surface area contributed by atoms with Crippen molar-refractivity contribution in [3.63, 3.8) is 0 Å². The Kier molecular flexibility index (Phi) is 7.50. The van der Waals surface area contributed by atoms with E-state index in [1.807, 2.05) is 10.5 Å². The quantitative estimate of drug-likeness (QED) is 0.154. The number of benzene rings is 8. The Morgan fingerprint density at radius 3 is 1.89 bits per heavy atom.